The molecule has 1 aliphatic heterocycles. The number of halogens is 3. The Balaban J connectivity index is 1.93. The molecule has 1 heterocycles. The van der Waals surface area contributed by atoms with Gasteiger partial charge in [0.15, 0.2) is 5.17 Å². The average molecular weight is 398 g/mol. The highest BCUT2D eigenvalue weighted by Gasteiger charge is 2.28. The van der Waals surface area contributed by atoms with Crippen LogP contribution in [0.4, 0.5) is 20.6 Å². The van der Waals surface area contributed by atoms with Crippen molar-refractivity contribution in [2.24, 2.45) is 4.99 Å². The van der Waals surface area contributed by atoms with Crippen LogP contribution in [0.5, 0.6) is 0 Å². The number of nitrogens with one attached hydrogen (secondary N) is 1. The van der Waals surface area contributed by atoms with Crippen molar-refractivity contribution in [3.05, 3.63) is 58.3 Å². The van der Waals surface area contributed by atoms with Gasteiger partial charge in [-0.05, 0) is 36.4 Å². The average Bonchev–Trinajstić information content (AvgIpc) is 2.97. The van der Waals surface area contributed by atoms with E-state index in [-0.39, 0.29) is 10.3 Å². The minimum Gasteiger partial charge on any atom is -0.307 e. The molecule has 4 nitrogen and oxygen atoms in total. The third-order valence-electron chi connectivity index (χ3n) is 3.42. The van der Waals surface area contributed by atoms with Crippen molar-refractivity contribution < 1.29 is 9.18 Å². The van der Waals surface area contributed by atoms with Crippen LogP contribution >= 0.6 is 35.0 Å². The Kier molecular flexibility index (Phi) is 5.51. The van der Waals surface area contributed by atoms with Crippen LogP contribution < -0.4 is 10.2 Å². The molecule has 2 aromatic rings. The number of nitrogens with zero attached hydrogens (tertiary/aromatic N) is 2. The van der Waals surface area contributed by atoms with E-state index in [0.717, 1.165) is 0 Å². The Bertz CT molecular complexity index is 846. The van der Waals surface area contributed by atoms with Gasteiger partial charge in [0.2, 0.25) is 0 Å². The number of carbonyl (C=O) groups is 1. The van der Waals surface area contributed by atoms with Gasteiger partial charge in [-0.25, -0.2) is 14.1 Å². The van der Waals surface area contributed by atoms with Gasteiger partial charge in [-0.15, -0.1) is 0 Å². The van der Waals surface area contributed by atoms with E-state index in [9.17, 15) is 9.18 Å². The number of rotatable bonds is 2. The number of amidine groups is 1. The van der Waals surface area contributed by atoms with Crippen molar-refractivity contribution in [1.82, 2.24) is 0 Å². The molecular weight excluding hydrogens is 384 g/mol. The molecule has 0 bridgehead atoms. The first-order chi connectivity index (χ1) is 11.9. The molecule has 1 unspecified atom stereocenters. The van der Waals surface area contributed by atoms with Crippen LogP contribution in [0.1, 0.15) is 6.92 Å². The molecule has 1 N–H and O–H groups in total. The van der Waals surface area contributed by atoms with Crippen molar-refractivity contribution >= 4 is 57.5 Å². The fraction of sp³-hybridized carbons (Fsp3) is 0.176. The first-order valence-electron chi connectivity index (χ1n) is 7.47. The van der Waals surface area contributed by atoms with Crippen molar-refractivity contribution in [2.75, 3.05) is 16.8 Å². The highest BCUT2D eigenvalue weighted by Crippen LogP contribution is 2.30. The summed E-state index contributed by atoms with van der Waals surface area (Å²) in [6, 6.07) is 10.5. The Labute approximate surface area is 159 Å². The minimum absolute atomic E-state index is 0.0605. The number of carbonyl (C=O) groups excluding carboxylic acids is 1. The lowest BCUT2D eigenvalue weighted by Crippen LogP contribution is -2.38. The molecule has 130 valence electrons. The van der Waals surface area contributed by atoms with Gasteiger partial charge in [0, 0.05) is 16.0 Å². The summed E-state index contributed by atoms with van der Waals surface area (Å²) in [7, 11) is 0. The van der Waals surface area contributed by atoms with E-state index in [1.54, 1.807) is 24.3 Å². The summed E-state index contributed by atoms with van der Waals surface area (Å²) in [6.45, 7) is 2.63. The smallest absolute Gasteiger partial charge is 0.307 e. The maximum Gasteiger partial charge on any atom is 0.332 e. The van der Waals surface area contributed by atoms with Crippen molar-refractivity contribution in [3.63, 3.8) is 0 Å². The van der Waals surface area contributed by atoms with Gasteiger partial charge >= 0.3 is 6.03 Å². The first kappa shape index (κ1) is 18.0. The quantitative estimate of drug-likeness (QED) is 0.709. The second-order valence-electron chi connectivity index (χ2n) is 5.43. The monoisotopic (exact) mass is 397 g/mol. The maximum atomic E-state index is 13.5. The lowest BCUT2D eigenvalue weighted by atomic mass is 10.3. The fourth-order valence-electron chi connectivity index (χ4n) is 2.27. The molecule has 0 spiro atoms. The Morgan fingerprint density at radius 2 is 2.12 bits per heavy atom. The van der Waals surface area contributed by atoms with Gasteiger partial charge in [0.05, 0.1) is 17.3 Å². The predicted molar refractivity (Wildman–Crippen MR) is 104 cm³/mol. The summed E-state index contributed by atoms with van der Waals surface area (Å²) < 4.78 is 13.5. The van der Waals surface area contributed by atoms with Crippen LogP contribution in [0.25, 0.3) is 0 Å². The molecule has 0 saturated heterocycles. The number of urea groups is 1. The number of aliphatic imine (C=N–C) groups is 1. The Morgan fingerprint density at radius 1 is 1.32 bits per heavy atom. The van der Waals surface area contributed by atoms with Crippen LogP contribution in [-0.4, -0.2) is 23.0 Å². The molecule has 8 heteroatoms. The van der Waals surface area contributed by atoms with Gasteiger partial charge in [-0.1, -0.05) is 48.0 Å². The van der Waals surface area contributed by atoms with E-state index in [1.165, 1.54) is 34.9 Å². The number of hydrogen-bond donors (Lipinski definition) is 1. The van der Waals surface area contributed by atoms with E-state index in [0.29, 0.717) is 28.1 Å². The van der Waals surface area contributed by atoms with Gasteiger partial charge < -0.3 is 5.32 Å². The summed E-state index contributed by atoms with van der Waals surface area (Å²) in [5.74, 6) is -0.546. The summed E-state index contributed by atoms with van der Waals surface area (Å²) in [4.78, 5) is 18.7. The van der Waals surface area contributed by atoms with Crippen LogP contribution in [0, 0.1) is 5.82 Å². The van der Waals surface area contributed by atoms with Crippen LogP contribution in [0.3, 0.4) is 0 Å². The zero-order chi connectivity index (χ0) is 18.0. The predicted octanol–water partition coefficient (Wildman–Crippen LogP) is 5.66. The zero-order valence-electron chi connectivity index (χ0n) is 13.2. The molecule has 0 aliphatic carbocycles. The maximum absolute atomic E-state index is 13.5. The molecule has 0 aromatic heterocycles. The largest absolute Gasteiger partial charge is 0.332 e. The highest BCUT2D eigenvalue weighted by atomic mass is 35.5. The normalized spacial score (nSPS) is 16.5. The summed E-state index contributed by atoms with van der Waals surface area (Å²) in [6.07, 6.45) is 0. The molecule has 0 radical (unpaired) electrons. The number of amides is 2. The lowest BCUT2D eigenvalue weighted by molar-refractivity contribution is 0.259. The van der Waals surface area contributed by atoms with E-state index < -0.39 is 11.8 Å². The number of hydrogen-bond acceptors (Lipinski definition) is 3. The van der Waals surface area contributed by atoms with Crippen LogP contribution in [-0.2, 0) is 0 Å². The summed E-state index contributed by atoms with van der Waals surface area (Å²) in [5, 5.41) is 4.02. The number of anilines is 2. The SMILES string of the molecule is CC1CN=C(N(C(=O)Nc2cccc(Cl)c2)c2ccc(F)c(Cl)c2)S1. The molecular formula is C17H14Cl2FN3OS. The molecule has 2 amide bonds. The molecule has 0 saturated carbocycles. The lowest BCUT2D eigenvalue weighted by Gasteiger charge is -2.23. The number of thioether (sulfide) groups is 1. The van der Waals surface area contributed by atoms with E-state index in [2.05, 4.69) is 10.3 Å². The second kappa shape index (κ2) is 7.64. The second-order valence-corrected chi connectivity index (χ2v) is 7.68. The molecule has 25 heavy (non-hydrogen) atoms. The van der Waals surface area contributed by atoms with Gasteiger partial charge in [-0.2, -0.15) is 0 Å². The summed E-state index contributed by atoms with van der Waals surface area (Å²) in [5.41, 5.74) is 0.985. The molecule has 1 aliphatic rings. The van der Waals surface area contributed by atoms with Gasteiger partial charge in [0.1, 0.15) is 5.82 Å². The van der Waals surface area contributed by atoms with Gasteiger partial charge in [0.25, 0.3) is 0 Å². The standard InChI is InChI=1S/C17H14Cl2FN3OS/c1-10-9-21-17(25-10)23(13-5-6-15(20)14(19)8-13)16(24)22-12-4-2-3-11(18)7-12/h2-8,10H,9H2,1H3,(H,22,24). The molecule has 3 rings (SSSR count). The van der Waals surface area contributed by atoms with Crippen LogP contribution in [0.15, 0.2) is 47.5 Å². The Hall–Kier alpha value is -1.76. The summed E-state index contributed by atoms with van der Waals surface area (Å²) >= 11 is 13.3. The van der Waals surface area contributed by atoms with Crippen LogP contribution in [0.2, 0.25) is 10.0 Å². The third-order valence-corrected chi connectivity index (χ3v) is 5.02. The van der Waals surface area contributed by atoms with Crippen molar-refractivity contribution in [1.29, 1.82) is 0 Å². The van der Waals surface area contributed by atoms with Crippen molar-refractivity contribution in [2.45, 2.75) is 12.2 Å². The van der Waals surface area contributed by atoms with E-state index >= 15 is 0 Å². The molecule has 2 aromatic carbocycles. The number of benzene rings is 2. The Morgan fingerprint density at radius 3 is 2.76 bits per heavy atom. The molecule has 1 atom stereocenters. The zero-order valence-corrected chi connectivity index (χ0v) is 15.5. The fourth-order valence-corrected chi connectivity index (χ4v) is 3.59. The first-order valence-corrected chi connectivity index (χ1v) is 9.10. The topological polar surface area (TPSA) is 44.7 Å². The van der Waals surface area contributed by atoms with Gasteiger partial charge in [-0.3, -0.25) is 4.99 Å². The third kappa shape index (κ3) is 4.26. The minimum atomic E-state index is -0.546. The van der Waals surface area contributed by atoms with Crippen molar-refractivity contribution in [3.8, 4) is 0 Å². The highest BCUT2D eigenvalue weighted by molar-refractivity contribution is 8.15. The van der Waals surface area contributed by atoms with E-state index in [4.69, 9.17) is 23.2 Å². The molecule has 0 fully saturated rings. The van der Waals surface area contributed by atoms with E-state index in [1.807, 2.05) is 6.92 Å².